The lowest BCUT2D eigenvalue weighted by molar-refractivity contribution is -0.142. The van der Waals surface area contributed by atoms with Crippen LogP contribution in [0.3, 0.4) is 0 Å². The maximum atomic E-state index is 12.7. The molecule has 0 aliphatic carbocycles. The second-order valence-electron chi connectivity index (χ2n) is 30.1. The Balaban J connectivity index is 0.000000338. The lowest BCUT2D eigenvalue weighted by Crippen LogP contribution is -2.46. The number of hydrogen-bond donors (Lipinski definition) is 6. The number of ether oxygens (including phenoxy) is 3. The summed E-state index contributed by atoms with van der Waals surface area (Å²) in [5, 5.41) is 77.0. The van der Waals surface area contributed by atoms with E-state index in [-0.39, 0.29) is 64.5 Å². The quantitative estimate of drug-likeness (QED) is 0.0410. The standard InChI is InChI=1S/C26H30N6O5.C25H31N7O3.C22H30N6O5.2C2H6/c1-25(2,3)23(35)27-17-11-8-15(9-12-17)20-28-30-21(31-29-20)18-13-10-16(22(33)34)14-19(18)32(7)24(36)37-26(4,5)6;1-24(2,3)22(33)27-17-11-8-15(9-12-17)20-28-30-21(31-29-20)18-13-10-16(26)14-19(18)32(7)23(34)35-25(4,5)6;1-21(2,3)19(31)23-14-10-8-13(9-11-14)17-26-24-16(25-27-17)12-15(18(29)30)28(7)20(32)33-22(4,5)6;2*1-2/h8-14H,1-7H3,(H,27,35)(H,33,34);8-14H,26H2,1-7H3,(H,27,33);8-11,15H,12H2,1-7H3,(H,23,31)(H,29,30);2*1-2H3. The highest BCUT2D eigenvalue weighted by Crippen LogP contribution is 2.34. The summed E-state index contributed by atoms with van der Waals surface area (Å²) in [6.07, 6.45) is -2.18. The highest BCUT2D eigenvalue weighted by Gasteiger charge is 2.33. The van der Waals surface area contributed by atoms with Crippen LogP contribution in [-0.2, 0) is 39.8 Å². The maximum absolute atomic E-state index is 12.7. The normalized spacial score (nSPS) is 11.6. The lowest BCUT2D eigenvalue weighted by atomic mass is 9.95. The summed E-state index contributed by atoms with van der Waals surface area (Å²) >= 11 is 0. The Kier molecular flexibility index (Phi) is 31.1. The number of carboxylic acid groups (broad SMARTS) is 2. The van der Waals surface area contributed by atoms with Crippen molar-refractivity contribution in [2.24, 2.45) is 16.2 Å². The van der Waals surface area contributed by atoms with Crippen molar-refractivity contribution in [2.75, 3.05) is 52.6 Å². The van der Waals surface area contributed by atoms with Gasteiger partial charge >= 0.3 is 30.2 Å². The van der Waals surface area contributed by atoms with Gasteiger partial charge in [0.2, 0.25) is 46.8 Å². The van der Waals surface area contributed by atoms with Crippen LogP contribution in [0.1, 0.15) is 169 Å². The molecule has 0 spiro atoms. The topological polar surface area (TPSA) is 431 Å². The van der Waals surface area contributed by atoms with Crippen molar-refractivity contribution < 1.29 is 62.8 Å². The van der Waals surface area contributed by atoms with Crippen molar-refractivity contribution in [1.82, 2.24) is 66.1 Å². The fraction of sp³-hybridized carbons (Fsp3) is 0.429. The van der Waals surface area contributed by atoms with Gasteiger partial charge in [-0.3, -0.25) is 29.1 Å². The number of carbonyl (C=O) groups is 8. The van der Waals surface area contributed by atoms with Crippen LogP contribution in [0.4, 0.5) is 48.5 Å². The number of amides is 6. The van der Waals surface area contributed by atoms with E-state index in [0.29, 0.717) is 62.1 Å². The molecule has 8 aromatic rings. The Bertz CT molecular complexity index is 4410. The van der Waals surface area contributed by atoms with Gasteiger partial charge in [-0.1, -0.05) is 90.0 Å². The third-order valence-electron chi connectivity index (χ3n) is 14.3. The van der Waals surface area contributed by atoms with Crippen LogP contribution in [0.2, 0.25) is 0 Å². The molecule has 1 atom stereocenters. The number of aromatic carboxylic acids is 1. The van der Waals surface area contributed by atoms with Crippen LogP contribution in [0.25, 0.3) is 56.9 Å². The van der Waals surface area contributed by atoms with Gasteiger partial charge in [0.1, 0.15) is 22.8 Å². The Morgan fingerprint density at radius 1 is 0.394 bits per heavy atom. The number of nitrogen functional groups attached to an aromatic ring is 1. The molecule has 32 nitrogen and oxygen atoms in total. The number of rotatable bonds is 15. The summed E-state index contributed by atoms with van der Waals surface area (Å²) in [5.41, 5.74) is 8.15. The molecule has 6 amide bonds. The van der Waals surface area contributed by atoms with Crippen LogP contribution < -0.4 is 31.5 Å². The molecule has 0 radical (unpaired) electrons. The zero-order valence-electron chi connectivity index (χ0n) is 66.8. The van der Waals surface area contributed by atoms with Gasteiger partial charge in [0.25, 0.3) is 0 Å². The molecular formula is C77H103N19O13. The Morgan fingerprint density at radius 3 is 0.972 bits per heavy atom. The molecular weight excluding hydrogens is 1400 g/mol. The molecule has 0 saturated carbocycles. The third-order valence-corrected chi connectivity index (χ3v) is 14.3. The molecule has 0 aliphatic rings. The Labute approximate surface area is 636 Å². The van der Waals surface area contributed by atoms with Gasteiger partial charge in [0.15, 0.2) is 5.82 Å². The summed E-state index contributed by atoms with van der Waals surface area (Å²) in [7, 11) is 4.39. The molecule has 32 heteroatoms. The lowest BCUT2D eigenvalue weighted by Gasteiger charge is -2.28. The number of carbonyl (C=O) groups excluding carboxylic acids is 6. The minimum atomic E-state index is -1.25. The Morgan fingerprint density at radius 2 is 0.679 bits per heavy atom. The first-order chi connectivity index (χ1) is 50.6. The van der Waals surface area contributed by atoms with E-state index in [1.807, 2.05) is 90.0 Å². The fourth-order valence-electron chi connectivity index (χ4n) is 8.44. The number of hydrogen-bond acceptors (Lipinski definition) is 24. The number of aliphatic carboxylic acids is 1. The van der Waals surface area contributed by atoms with E-state index in [1.165, 1.54) is 42.1 Å². The number of aromatic nitrogens is 12. The maximum Gasteiger partial charge on any atom is 0.414 e. The summed E-state index contributed by atoms with van der Waals surface area (Å²) in [5.74, 6) is -1.48. The van der Waals surface area contributed by atoms with Gasteiger partial charge in [0, 0.05) is 94.4 Å². The molecule has 0 bridgehead atoms. The fourth-order valence-corrected chi connectivity index (χ4v) is 8.44. The highest BCUT2D eigenvalue weighted by atomic mass is 16.6. The largest absolute Gasteiger partial charge is 0.480 e. The van der Waals surface area contributed by atoms with Crippen LogP contribution in [0.5, 0.6) is 0 Å². The molecule has 0 saturated heterocycles. The van der Waals surface area contributed by atoms with Crippen molar-refractivity contribution in [3.05, 3.63) is 121 Å². The molecule has 8 rings (SSSR count). The van der Waals surface area contributed by atoms with Gasteiger partial charge in [-0.05, 0) is 172 Å². The van der Waals surface area contributed by atoms with Gasteiger partial charge < -0.3 is 46.1 Å². The number of anilines is 6. The van der Waals surface area contributed by atoms with Crippen molar-refractivity contribution in [2.45, 2.75) is 182 Å². The van der Waals surface area contributed by atoms with Crippen LogP contribution in [-0.4, -0.2) is 168 Å². The molecule has 7 N–H and O–H groups in total. The minimum absolute atomic E-state index is 0.0228. The van der Waals surface area contributed by atoms with Gasteiger partial charge in [-0.15, -0.1) is 61.2 Å². The molecule has 0 fully saturated rings. The summed E-state index contributed by atoms with van der Waals surface area (Å²) < 4.78 is 16.1. The van der Waals surface area contributed by atoms with Crippen LogP contribution in [0.15, 0.2) is 109 Å². The van der Waals surface area contributed by atoms with Crippen molar-refractivity contribution in [3.8, 4) is 56.9 Å². The number of nitrogens with two attached hydrogens (primary N) is 1. The van der Waals surface area contributed by atoms with Crippen molar-refractivity contribution >= 4 is 82.1 Å². The first kappa shape index (κ1) is 89.3. The van der Waals surface area contributed by atoms with E-state index in [4.69, 9.17) is 19.9 Å². The molecule has 1 unspecified atom stereocenters. The first-order valence-corrected chi connectivity index (χ1v) is 34.9. The number of carboxylic acids is 2. The second kappa shape index (κ2) is 37.9. The smallest absolute Gasteiger partial charge is 0.414 e. The Hall–Kier alpha value is -12.1. The number of likely N-dealkylation sites (N-methyl/N-ethyl adjacent to an activating group) is 1. The molecule has 584 valence electrons. The predicted molar refractivity (Wildman–Crippen MR) is 417 cm³/mol. The SMILES string of the molecule is CC.CC.CN(C(=O)OC(C)(C)C)C(Cc1nnc(-c2ccc(NC(=O)C(C)(C)C)cc2)nn1)C(=O)O.CN(C(=O)OC(C)(C)C)c1cc(C(=O)O)ccc1-c1nnc(-c2ccc(NC(=O)C(C)(C)C)cc2)nn1.CN(C(=O)OC(C)(C)C)c1cc(N)ccc1-c1nnc(-c2ccc(NC(=O)C(C)(C)C)cc2)nn1. The highest BCUT2D eigenvalue weighted by molar-refractivity contribution is 5.99. The molecule has 5 aromatic carbocycles. The van der Waals surface area contributed by atoms with Gasteiger partial charge in [-0.2, -0.15) is 0 Å². The molecule has 3 aromatic heterocycles. The average molecular weight is 1500 g/mol. The van der Waals surface area contributed by atoms with Crippen molar-refractivity contribution in [3.63, 3.8) is 0 Å². The third kappa shape index (κ3) is 27.6. The predicted octanol–water partition coefficient (Wildman–Crippen LogP) is 14.0. The van der Waals surface area contributed by atoms with E-state index in [2.05, 4.69) is 77.1 Å². The molecule has 0 aliphatic heterocycles. The van der Waals surface area contributed by atoms with E-state index in [9.17, 15) is 48.6 Å². The summed E-state index contributed by atoms with van der Waals surface area (Å²) in [4.78, 5) is 101. The minimum Gasteiger partial charge on any atom is -0.480 e. The zero-order chi connectivity index (χ0) is 82.5. The number of benzene rings is 5. The van der Waals surface area contributed by atoms with Crippen LogP contribution in [0, 0.1) is 16.2 Å². The van der Waals surface area contributed by atoms with E-state index < -0.39 is 69.3 Å². The number of nitrogens with one attached hydrogen (secondary N) is 3. The van der Waals surface area contributed by atoms with E-state index in [1.54, 1.807) is 160 Å². The second-order valence-corrected chi connectivity index (χ2v) is 30.1. The van der Waals surface area contributed by atoms with E-state index >= 15 is 0 Å². The summed E-state index contributed by atoms with van der Waals surface area (Å²) in [6.45, 7) is 40.1. The molecule has 3 heterocycles. The van der Waals surface area contributed by atoms with Crippen molar-refractivity contribution in [1.29, 1.82) is 0 Å². The average Bonchev–Trinajstić information content (AvgIpc) is 0.806. The first-order valence-electron chi connectivity index (χ1n) is 34.9. The molecule has 109 heavy (non-hydrogen) atoms. The summed E-state index contributed by atoms with van der Waals surface area (Å²) in [6, 6.07) is 28.9. The zero-order valence-corrected chi connectivity index (χ0v) is 66.8. The van der Waals surface area contributed by atoms with Gasteiger partial charge in [-0.25, -0.2) is 24.0 Å². The van der Waals surface area contributed by atoms with Crippen LogP contribution >= 0.6 is 0 Å². The van der Waals surface area contributed by atoms with Gasteiger partial charge in [0.05, 0.1) is 16.9 Å². The van der Waals surface area contributed by atoms with E-state index in [0.717, 1.165) is 4.90 Å². The number of nitrogens with zero attached hydrogens (tertiary/aromatic N) is 15. The monoisotopic (exact) mass is 1500 g/mol.